The zero-order valence-corrected chi connectivity index (χ0v) is 20.9. The minimum absolute atomic E-state index is 0.233. The van der Waals surface area contributed by atoms with Crippen LogP contribution in [0.1, 0.15) is 5.56 Å². The van der Waals surface area contributed by atoms with Gasteiger partial charge >= 0.3 is 6.03 Å². The molecule has 0 aliphatic heterocycles. The van der Waals surface area contributed by atoms with E-state index in [1.165, 1.54) is 6.26 Å². The summed E-state index contributed by atoms with van der Waals surface area (Å²) in [5.74, 6) is -0.406. The smallest absolute Gasteiger partial charge is 0.319 e. The third kappa shape index (κ3) is 7.02. The zero-order chi connectivity index (χ0) is 26.3. The van der Waals surface area contributed by atoms with E-state index in [2.05, 4.69) is 20.9 Å². The molecular formula is C28H26N4O4S. The van der Waals surface area contributed by atoms with Crippen LogP contribution in [0.5, 0.6) is 0 Å². The first-order chi connectivity index (χ1) is 17.8. The van der Waals surface area contributed by atoms with Gasteiger partial charge in [0.25, 0.3) is 0 Å². The van der Waals surface area contributed by atoms with Crippen molar-refractivity contribution in [3.63, 3.8) is 0 Å². The molecule has 0 fully saturated rings. The second kappa shape index (κ2) is 11.5. The Labute approximate surface area is 215 Å². The predicted molar refractivity (Wildman–Crippen MR) is 144 cm³/mol. The van der Waals surface area contributed by atoms with Crippen LogP contribution in [0, 0.1) is 0 Å². The molecule has 1 heterocycles. The number of nitrogens with zero attached hydrogens (tertiary/aromatic N) is 1. The van der Waals surface area contributed by atoms with E-state index in [0.29, 0.717) is 22.5 Å². The lowest BCUT2D eigenvalue weighted by molar-refractivity contribution is -0.117. The molecule has 4 aromatic rings. The Kier molecular flexibility index (Phi) is 7.95. The van der Waals surface area contributed by atoms with Gasteiger partial charge in [0.15, 0.2) is 9.84 Å². The standard InChI is InChI=1S/C28H26N4O4S/c1-37(35,36)26-12-6-5-11-24(26)21-13-15-23(16-14-21)30-27(33)25(18-20-8-7-17-29-19-20)32-28(34)31-22-9-3-2-4-10-22/h2-17,19,25H,18H2,1H3,(H,30,33)(H2,31,32,34)/t25-/m0/s1. The van der Waals surface area contributed by atoms with Crippen molar-refractivity contribution in [3.8, 4) is 11.1 Å². The number of amides is 3. The van der Waals surface area contributed by atoms with Gasteiger partial charge < -0.3 is 16.0 Å². The lowest BCUT2D eigenvalue weighted by Crippen LogP contribution is -2.46. The van der Waals surface area contributed by atoms with Gasteiger partial charge in [-0.1, -0.05) is 54.6 Å². The molecule has 0 unspecified atom stereocenters. The van der Waals surface area contributed by atoms with Crippen molar-refractivity contribution in [3.05, 3.63) is 109 Å². The molecule has 188 valence electrons. The Hall–Kier alpha value is -4.50. The molecule has 0 radical (unpaired) electrons. The van der Waals surface area contributed by atoms with Gasteiger partial charge in [0, 0.05) is 42.0 Å². The van der Waals surface area contributed by atoms with Crippen LogP contribution < -0.4 is 16.0 Å². The molecule has 0 bridgehead atoms. The summed E-state index contributed by atoms with van der Waals surface area (Å²) in [6.07, 6.45) is 4.69. The molecule has 9 heteroatoms. The number of sulfone groups is 1. The summed E-state index contributed by atoms with van der Waals surface area (Å²) < 4.78 is 24.3. The van der Waals surface area contributed by atoms with Crippen molar-refractivity contribution in [2.24, 2.45) is 0 Å². The van der Waals surface area contributed by atoms with Crippen LogP contribution in [0.2, 0.25) is 0 Å². The Morgan fingerprint density at radius 3 is 2.16 bits per heavy atom. The molecule has 0 spiro atoms. The molecule has 0 aliphatic carbocycles. The maximum absolute atomic E-state index is 13.2. The summed E-state index contributed by atoms with van der Waals surface area (Å²) >= 11 is 0. The highest BCUT2D eigenvalue weighted by molar-refractivity contribution is 7.90. The van der Waals surface area contributed by atoms with E-state index in [0.717, 1.165) is 5.56 Å². The fourth-order valence-electron chi connectivity index (χ4n) is 3.80. The van der Waals surface area contributed by atoms with Crippen molar-refractivity contribution in [1.82, 2.24) is 10.3 Å². The average molecular weight is 515 g/mol. The van der Waals surface area contributed by atoms with E-state index in [-0.39, 0.29) is 11.3 Å². The maximum Gasteiger partial charge on any atom is 0.319 e. The lowest BCUT2D eigenvalue weighted by Gasteiger charge is -2.19. The Morgan fingerprint density at radius 2 is 1.49 bits per heavy atom. The second-order valence-corrected chi connectivity index (χ2v) is 10.4. The van der Waals surface area contributed by atoms with E-state index in [1.54, 1.807) is 91.3 Å². The predicted octanol–water partition coefficient (Wildman–Crippen LogP) is 4.52. The highest BCUT2D eigenvalue weighted by atomic mass is 32.2. The largest absolute Gasteiger partial charge is 0.326 e. The highest BCUT2D eigenvalue weighted by Crippen LogP contribution is 2.28. The van der Waals surface area contributed by atoms with E-state index in [1.807, 2.05) is 12.1 Å². The van der Waals surface area contributed by atoms with Gasteiger partial charge in [-0.25, -0.2) is 13.2 Å². The van der Waals surface area contributed by atoms with E-state index in [4.69, 9.17) is 0 Å². The third-order valence-corrected chi connectivity index (χ3v) is 6.72. The summed E-state index contributed by atoms with van der Waals surface area (Å²) in [5, 5.41) is 8.30. The van der Waals surface area contributed by atoms with E-state index >= 15 is 0 Å². The number of nitrogens with one attached hydrogen (secondary N) is 3. The number of rotatable bonds is 8. The van der Waals surface area contributed by atoms with Crippen molar-refractivity contribution < 1.29 is 18.0 Å². The molecule has 0 saturated heterocycles. The molecule has 3 aromatic carbocycles. The van der Waals surface area contributed by atoms with Gasteiger partial charge in [-0.3, -0.25) is 9.78 Å². The number of anilines is 2. The number of carbonyl (C=O) groups is 2. The minimum Gasteiger partial charge on any atom is -0.326 e. The van der Waals surface area contributed by atoms with Crippen LogP contribution in [0.15, 0.2) is 108 Å². The van der Waals surface area contributed by atoms with Gasteiger partial charge in [-0.05, 0) is 47.5 Å². The first-order valence-electron chi connectivity index (χ1n) is 11.5. The molecule has 3 amide bonds. The fourth-order valence-corrected chi connectivity index (χ4v) is 4.71. The summed E-state index contributed by atoms with van der Waals surface area (Å²) in [7, 11) is -3.41. The average Bonchev–Trinajstić information content (AvgIpc) is 2.89. The summed E-state index contributed by atoms with van der Waals surface area (Å²) in [6, 6.07) is 24.8. The van der Waals surface area contributed by atoms with Gasteiger partial charge in [-0.2, -0.15) is 0 Å². The van der Waals surface area contributed by atoms with Crippen LogP contribution in [-0.4, -0.2) is 37.6 Å². The number of aromatic nitrogens is 1. The number of urea groups is 1. The number of hydrogen-bond acceptors (Lipinski definition) is 5. The summed E-state index contributed by atoms with van der Waals surface area (Å²) in [6.45, 7) is 0. The molecule has 3 N–H and O–H groups in total. The van der Waals surface area contributed by atoms with Crippen LogP contribution in [0.3, 0.4) is 0 Å². The number of pyridine rings is 1. The van der Waals surface area contributed by atoms with Crippen LogP contribution in [-0.2, 0) is 21.1 Å². The highest BCUT2D eigenvalue weighted by Gasteiger charge is 2.22. The van der Waals surface area contributed by atoms with E-state index < -0.39 is 27.8 Å². The van der Waals surface area contributed by atoms with Crippen LogP contribution in [0.4, 0.5) is 16.2 Å². The normalized spacial score (nSPS) is 11.8. The third-order valence-electron chi connectivity index (χ3n) is 5.57. The molecule has 4 rings (SSSR count). The van der Waals surface area contributed by atoms with Crippen molar-refractivity contribution in [1.29, 1.82) is 0 Å². The topological polar surface area (TPSA) is 117 Å². The number of benzene rings is 3. The van der Waals surface area contributed by atoms with Gasteiger partial charge in [0.1, 0.15) is 6.04 Å². The fraction of sp³-hybridized carbons (Fsp3) is 0.107. The van der Waals surface area contributed by atoms with Crippen LogP contribution >= 0.6 is 0 Å². The summed E-state index contributed by atoms with van der Waals surface area (Å²) in [5.41, 5.74) is 3.18. The molecule has 8 nitrogen and oxygen atoms in total. The zero-order valence-electron chi connectivity index (χ0n) is 20.1. The molecule has 1 aromatic heterocycles. The molecule has 37 heavy (non-hydrogen) atoms. The van der Waals surface area contributed by atoms with Gasteiger partial charge in [-0.15, -0.1) is 0 Å². The molecular weight excluding hydrogens is 488 g/mol. The van der Waals surface area contributed by atoms with Crippen molar-refractivity contribution in [2.75, 3.05) is 16.9 Å². The first kappa shape index (κ1) is 25.6. The van der Waals surface area contributed by atoms with Crippen molar-refractivity contribution in [2.45, 2.75) is 17.4 Å². The SMILES string of the molecule is CS(=O)(=O)c1ccccc1-c1ccc(NC(=O)[C@H](Cc2cccnc2)NC(=O)Nc2ccccc2)cc1. The Bertz CT molecular complexity index is 1480. The Morgan fingerprint density at radius 1 is 0.811 bits per heavy atom. The number of hydrogen-bond donors (Lipinski definition) is 3. The van der Waals surface area contributed by atoms with Crippen molar-refractivity contribution >= 4 is 33.2 Å². The van der Waals surface area contributed by atoms with Gasteiger partial charge in [0.05, 0.1) is 4.90 Å². The monoisotopic (exact) mass is 514 g/mol. The lowest BCUT2D eigenvalue weighted by atomic mass is 10.0. The van der Waals surface area contributed by atoms with Crippen LogP contribution in [0.25, 0.3) is 11.1 Å². The number of para-hydroxylation sites is 1. The Balaban J connectivity index is 1.50. The molecule has 0 saturated carbocycles. The quantitative estimate of drug-likeness (QED) is 0.320. The van der Waals surface area contributed by atoms with E-state index in [9.17, 15) is 18.0 Å². The molecule has 1 atom stereocenters. The molecule has 0 aliphatic rings. The maximum atomic E-state index is 13.2. The first-order valence-corrected chi connectivity index (χ1v) is 13.4. The summed E-state index contributed by atoms with van der Waals surface area (Å²) in [4.78, 5) is 30.1. The minimum atomic E-state index is -3.41. The van der Waals surface area contributed by atoms with Gasteiger partial charge in [0.2, 0.25) is 5.91 Å². The number of carbonyl (C=O) groups excluding carboxylic acids is 2. The second-order valence-electron chi connectivity index (χ2n) is 8.42.